The summed E-state index contributed by atoms with van der Waals surface area (Å²) in [6.45, 7) is 2.47. The summed E-state index contributed by atoms with van der Waals surface area (Å²) in [6.07, 6.45) is 0.875. The minimum atomic E-state index is -0.0973. The lowest BCUT2D eigenvalue weighted by molar-refractivity contribution is 0.103. The first-order chi connectivity index (χ1) is 12.2. The molecule has 0 radical (unpaired) electrons. The predicted octanol–water partition coefficient (Wildman–Crippen LogP) is 5.80. The molecule has 0 saturated carbocycles. The van der Waals surface area contributed by atoms with Crippen molar-refractivity contribution in [1.29, 1.82) is 0 Å². The fourth-order valence-electron chi connectivity index (χ4n) is 2.43. The summed E-state index contributed by atoms with van der Waals surface area (Å²) in [5.74, 6) is 0.612. The van der Waals surface area contributed by atoms with Crippen LogP contribution in [0.2, 0.25) is 5.02 Å². The van der Waals surface area contributed by atoms with Crippen LogP contribution in [0.1, 0.15) is 27.7 Å². The summed E-state index contributed by atoms with van der Waals surface area (Å²) in [4.78, 5) is 13.1. The highest BCUT2D eigenvalue weighted by Crippen LogP contribution is 2.22. The molecule has 25 heavy (non-hydrogen) atoms. The summed E-state index contributed by atoms with van der Waals surface area (Å²) in [7, 11) is 0. The summed E-state index contributed by atoms with van der Waals surface area (Å²) >= 11 is 7.35. The van der Waals surface area contributed by atoms with Crippen LogP contribution < -0.4 is 10.1 Å². The van der Waals surface area contributed by atoms with Crippen molar-refractivity contribution < 1.29 is 9.53 Å². The number of carbonyl (C=O) groups is 1. The van der Waals surface area contributed by atoms with Crippen LogP contribution >= 0.6 is 22.9 Å². The summed E-state index contributed by atoms with van der Waals surface area (Å²) in [5, 5.41) is 5.56. The summed E-state index contributed by atoms with van der Waals surface area (Å²) in [5.41, 5.74) is 2.94. The van der Waals surface area contributed by atoms with Gasteiger partial charge in [0, 0.05) is 16.3 Å². The number of anilines is 1. The van der Waals surface area contributed by atoms with Crippen molar-refractivity contribution in [2.24, 2.45) is 0 Å². The standard InChI is InChI=1S/C20H18ClNO2S/c1-2-15-6-3-4-9-18(15)22-20(23)19-10-14(13-25-19)12-24-17-8-5-7-16(21)11-17/h3-11,13H,2,12H2,1H3,(H,22,23). The van der Waals surface area contributed by atoms with Gasteiger partial charge in [-0.1, -0.05) is 42.8 Å². The average molecular weight is 372 g/mol. The molecule has 2 aromatic carbocycles. The Bertz CT molecular complexity index is 875. The van der Waals surface area contributed by atoms with Crippen molar-refractivity contribution in [2.45, 2.75) is 20.0 Å². The zero-order valence-electron chi connectivity index (χ0n) is 13.8. The Morgan fingerprint density at radius 2 is 2.00 bits per heavy atom. The number of hydrogen-bond acceptors (Lipinski definition) is 3. The van der Waals surface area contributed by atoms with Crippen LogP contribution in [-0.4, -0.2) is 5.91 Å². The molecule has 3 aromatic rings. The number of amides is 1. The van der Waals surface area contributed by atoms with Crippen LogP contribution in [0, 0.1) is 0 Å². The Hall–Kier alpha value is -2.30. The first-order valence-corrected chi connectivity index (χ1v) is 9.26. The zero-order valence-corrected chi connectivity index (χ0v) is 15.4. The van der Waals surface area contributed by atoms with E-state index in [2.05, 4.69) is 12.2 Å². The lowest BCUT2D eigenvalue weighted by Crippen LogP contribution is -2.11. The van der Waals surface area contributed by atoms with E-state index in [0.29, 0.717) is 22.3 Å². The quantitative estimate of drug-likeness (QED) is 0.595. The van der Waals surface area contributed by atoms with Gasteiger partial charge in [-0.15, -0.1) is 11.3 Å². The SMILES string of the molecule is CCc1ccccc1NC(=O)c1cc(COc2cccc(Cl)c2)cs1. The number of nitrogens with one attached hydrogen (secondary N) is 1. The third-order valence-electron chi connectivity index (χ3n) is 3.73. The number of thiophene rings is 1. The van der Waals surface area contributed by atoms with Crippen LogP contribution in [0.4, 0.5) is 5.69 Å². The maximum absolute atomic E-state index is 12.5. The summed E-state index contributed by atoms with van der Waals surface area (Å²) < 4.78 is 5.71. The van der Waals surface area contributed by atoms with E-state index >= 15 is 0 Å². The highest BCUT2D eigenvalue weighted by molar-refractivity contribution is 7.12. The van der Waals surface area contributed by atoms with Gasteiger partial charge >= 0.3 is 0 Å². The molecule has 0 aliphatic heterocycles. The average Bonchev–Trinajstić information content (AvgIpc) is 3.10. The van der Waals surface area contributed by atoms with Crippen LogP contribution in [0.5, 0.6) is 5.75 Å². The van der Waals surface area contributed by atoms with Crippen molar-refractivity contribution >= 4 is 34.5 Å². The number of para-hydroxylation sites is 1. The Kier molecular flexibility index (Phi) is 5.74. The van der Waals surface area contributed by atoms with Crippen LogP contribution in [-0.2, 0) is 13.0 Å². The second kappa shape index (κ2) is 8.19. The Morgan fingerprint density at radius 1 is 1.16 bits per heavy atom. The van der Waals surface area contributed by atoms with E-state index < -0.39 is 0 Å². The highest BCUT2D eigenvalue weighted by Gasteiger charge is 2.11. The second-order valence-electron chi connectivity index (χ2n) is 5.53. The molecule has 3 rings (SSSR count). The highest BCUT2D eigenvalue weighted by atomic mass is 35.5. The van der Waals surface area contributed by atoms with E-state index in [1.807, 2.05) is 47.8 Å². The van der Waals surface area contributed by atoms with Gasteiger partial charge in [-0.2, -0.15) is 0 Å². The molecular weight excluding hydrogens is 354 g/mol. The smallest absolute Gasteiger partial charge is 0.265 e. The normalized spacial score (nSPS) is 10.5. The molecule has 1 N–H and O–H groups in total. The topological polar surface area (TPSA) is 38.3 Å². The Balaban J connectivity index is 1.63. The fourth-order valence-corrected chi connectivity index (χ4v) is 3.40. The van der Waals surface area contributed by atoms with E-state index in [0.717, 1.165) is 23.2 Å². The van der Waals surface area contributed by atoms with Gasteiger partial charge in [0.2, 0.25) is 0 Å². The number of carbonyl (C=O) groups excluding carboxylic acids is 1. The molecule has 1 amide bonds. The van der Waals surface area contributed by atoms with E-state index in [9.17, 15) is 4.79 Å². The molecule has 1 aromatic heterocycles. The largest absolute Gasteiger partial charge is 0.489 e. The third-order valence-corrected chi connectivity index (χ3v) is 4.94. The zero-order chi connectivity index (χ0) is 17.6. The number of benzene rings is 2. The van der Waals surface area contributed by atoms with Crippen molar-refractivity contribution in [2.75, 3.05) is 5.32 Å². The van der Waals surface area contributed by atoms with Crippen molar-refractivity contribution in [3.8, 4) is 5.75 Å². The second-order valence-corrected chi connectivity index (χ2v) is 6.88. The minimum absolute atomic E-state index is 0.0973. The van der Waals surface area contributed by atoms with Crippen molar-refractivity contribution in [3.05, 3.63) is 81.0 Å². The van der Waals surface area contributed by atoms with Gasteiger partial charge in [0.25, 0.3) is 5.91 Å². The van der Waals surface area contributed by atoms with Gasteiger partial charge in [0.1, 0.15) is 12.4 Å². The van der Waals surface area contributed by atoms with E-state index in [4.69, 9.17) is 16.3 Å². The van der Waals surface area contributed by atoms with Gasteiger partial charge in [0.15, 0.2) is 0 Å². The first-order valence-electron chi connectivity index (χ1n) is 8.00. The van der Waals surface area contributed by atoms with Crippen LogP contribution in [0.25, 0.3) is 0 Å². The van der Waals surface area contributed by atoms with Crippen molar-refractivity contribution in [3.63, 3.8) is 0 Å². The van der Waals surface area contributed by atoms with E-state index in [1.54, 1.807) is 12.1 Å². The number of aryl methyl sites for hydroxylation is 1. The molecule has 128 valence electrons. The molecule has 0 bridgehead atoms. The number of halogens is 1. The van der Waals surface area contributed by atoms with Crippen LogP contribution in [0.15, 0.2) is 60.0 Å². The monoisotopic (exact) mass is 371 g/mol. The lowest BCUT2D eigenvalue weighted by atomic mass is 10.1. The van der Waals surface area contributed by atoms with Crippen LogP contribution in [0.3, 0.4) is 0 Å². The molecule has 1 heterocycles. The number of rotatable bonds is 6. The van der Waals surface area contributed by atoms with E-state index in [-0.39, 0.29) is 5.91 Å². The predicted molar refractivity (Wildman–Crippen MR) is 104 cm³/mol. The van der Waals surface area contributed by atoms with Gasteiger partial charge in [-0.25, -0.2) is 0 Å². The number of ether oxygens (including phenoxy) is 1. The molecule has 0 atom stereocenters. The molecular formula is C20H18ClNO2S. The Morgan fingerprint density at radius 3 is 2.80 bits per heavy atom. The molecule has 0 aliphatic carbocycles. The van der Waals surface area contributed by atoms with Gasteiger partial charge in [0.05, 0.1) is 4.88 Å². The van der Waals surface area contributed by atoms with Gasteiger partial charge in [-0.05, 0) is 47.7 Å². The molecule has 0 spiro atoms. The first kappa shape index (κ1) is 17.5. The lowest BCUT2D eigenvalue weighted by Gasteiger charge is -2.08. The van der Waals surface area contributed by atoms with Crippen molar-refractivity contribution in [1.82, 2.24) is 0 Å². The molecule has 5 heteroatoms. The van der Waals surface area contributed by atoms with E-state index in [1.165, 1.54) is 11.3 Å². The maximum Gasteiger partial charge on any atom is 0.265 e. The third kappa shape index (κ3) is 4.62. The molecule has 0 fully saturated rings. The maximum atomic E-state index is 12.5. The van der Waals surface area contributed by atoms with Gasteiger partial charge in [-0.3, -0.25) is 4.79 Å². The number of hydrogen-bond donors (Lipinski definition) is 1. The molecule has 0 unspecified atom stereocenters. The van der Waals surface area contributed by atoms with Gasteiger partial charge < -0.3 is 10.1 Å². The molecule has 0 saturated heterocycles. The Labute approximate surface area is 156 Å². The molecule has 3 nitrogen and oxygen atoms in total. The summed E-state index contributed by atoms with van der Waals surface area (Å²) in [6, 6.07) is 17.0. The molecule has 0 aliphatic rings. The minimum Gasteiger partial charge on any atom is -0.489 e. The fraction of sp³-hybridized carbons (Fsp3) is 0.150.